The lowest BCUT2D eigenvalue weighted by Crippen LogP contribution is -2.09. The van der Waals surface area contributed by atoms with E-state index >= 15 is 0 Å². The molecule has 0 saturated heterocycles. The zero-order chi connectivity index (χ0) is 16.8. The average Bonchev–Trinajstić information content (AvgIpc) is 2.55. The van der Waals surface area contributed by atoms with E-state index < -0.39 is 4.92 Å². The van der Waals surface area contributed by atoms with Gasteiger partial charge in [0.25, 0.3) is 5.69 Å². The van der Waals surface area contributed by atoms with Crippen molar-refractivity contribution in [3.05, 3.63) is 75.3 Å². The first-order valence-corrected chi connectivity index (χ1v) is 7.33. The number of nitrogens with zero attached hydrogens (tertiary/aromatic N) is 1. The summed E-state index contributed by atoms with van der Waals surface area (Å²) in [6, 6.07) is 12.5. The summed E-state index contributed by atoms with van der Waals surface area (Å²) < 4.78 is 0. The molecule has 0 unspecified atom stereocenters. The number of rotatable bonds is 5. The number of nitrogens with one attached hydrogen (secondary N) is 1. The third-order valence-corrected chi connectivity index (χ3v) is 3.57. The summed E-state index contributed by atoms with van der Waals surface area (Å²) in [7, 11) is 0. The summed E-state index contributed by atoms with van der Waals surface area (Å²) >= 11 is 0. The Morgan fingerprint density at radius 3 is 2.52 bits per heavy atom. The second kappa shape index (κ2) is 7.35. The summed E-state index contributed by atoms with van der Waals surface area (Å²) in [4.78, 5) is 22.4. The van der Waals surface area contributed by atoms with E-state index in [0.29, 0.717) is 11.3 Å². The Hall–Kier alpha value is -2.95. The van der Waals surface area contributed by atoms with Crippen LogP contribution in [0, 0.1) is 17.0 Å². The van der Waals surface area contributed by atoms with Gasteiger partial charge in [-0.15, -0.1) is 0 Å². The standard InChI is InChI=1S/C18H18N2O3/c1-3-14-7-9-15(10-8-14)11-12-18(21)19-16-5-4-6-17(13(16)2)20(22)23/h4-12H,3H2,1-2H3,(H,19,21)/b12-11+. The topological polar surface area (TPSA) is 72.2 Å². The molecule has 5 heteroatoms. The quantitative estimate of drug-likeness (QED) is 0.513. The number of nitro benzene ring substituents is 1. The molecule has 23 heavy (non-hydrogen) atoms. The number of amides is 1. The van der Waals surface area contributed by atoms with Crippen molar-refractivity contribution < 1.29 is 9.72 Å². The number of carbonyl (C=O) groups excluding carboxylic acids is 1. The molecule has 0 spiro atoms. The SMILES string of the molecule is CCc1ccc(/C=C/C(=O)Nc2cccc([N+](=O)[O-])c2C)cc1. The van der Waals surface area contributed by atoms with Gasteiger partial charge in [-0.05, 0) is 36.6 Å². The Morgan fingerprint density at radius 2 is 1.91 bits per heavy atom. The molecule has 0 atom stereocenters. The second-order valence-electron chi connectivity index (χ2n) is 5.12. The lowest BCUT2D eigenvalue weighted by atomic mass is 10.1. The van der Waals surface area contributed by atoms with E-state index in [4.69, 9.17) is 0 Å². The highest BCUT2D eigenvalue weighted by Gasteiger charge is 2.13. The number of hydrogen-bond donors (Lipinski definition) is 1. The van der Waals surface area contributed by atoms with Gasteiger partial charge in [-0.1, -0.05) is 37.3 Å². The van der Waals surface area contributed by atoms with Crippen LogP contribution in [-0.4, -0.2) is 10.8 Å². The van der Waals surface area contributed by atoms with Gasteiger partial charge in [-0.2, -0.15) is 0 Å². The summed E-state index contributed by atoms with van der Waals surface area (Å²) in [6.07, 6.45) is 4.09. The minimum Gasteiger partial charge on any atom is -0.322 e. The first-order valence-electron chi connectivity index (χ1n) is 7.33. The maximum atomic E-state index is 12.0. The molecule has 0 aromatic heterocycles. The van der Waals surface area contributed by atoms with Crippen molar-refractivity contribution in [3.63, 3.8) is 0 Å². The van der Waals surface area contributed by atoms with Crippen molar-refractivity contribution in [3.8, 4) is 0 Å². The average molecular weight is 310 g/mol. The second-order valence-corrected chi connectivity index (χ2v) is 5.12. The Morgan fingerprint density at radius 1 is 1.22 bits per heavy atom. The summed E-state index contributed by atoms with van der Waals surface area (Å²) in [5, 5.41) is 13.6. The van der Waals surface area contributed by atoms with Crippen LogP contribution in [0.3, 0.4) is 0 Å². The fourth-order valence-corrected chi connectivity index (χ4v) is 2.17. The van der Waals surface area contributed by atoms with Gasteiger partial charge in [0.15, 0.2) is 0 Å². The Bertz CT molecular complexity index is 749. The van der Waals surface area contributed by atoms with Crippen LogP contribution in [0.5, 0.6) is 0 Å². The minimum atomic E-state index is -0.462. The monoisotopic (exact) mass is 310 g/mol. The molecule has 0 bridgehead atoms. The first-order chi connectivity index (χ1) is 11.0. The number of nitro groups is 1. The van der Waals surface area contributed by atoms with E-state index in [9.17, 15) is 14.9 Å². The van der Waals surface area contributed by atoms with Crippen molar-refractivity contribution in [1.82, 2.24) is 0 Å². The van der Waals surface area contributed by atoms with Gasteiger partial charge in [0.1, 0.15) is 0 Å². The van der Waals surface area contributed by atoms with Crippen LogP contribution in [-0.2, 0) is 11.2 Å². The van der Waals surface area contributed by atoms with E-state index in [1.54, 1.807) is 25.1 Å². The van der Waals surface area contributed by atoms with Crippen LogP contribution in [0.25, 0.3) is 6.08 Å². The fourth-order valence-electron chi connectivity index (χ4n) is 2.17. The maximum Gasteiger partial charge on any atom is 0.274 e. The fraction of sp³-hybridized carbons (Fsp3) is 0.167. The van der Waals surface area contributed by atoms with Crippen molar-refractivity contribution in [1.29, 1.82) is 0 Å². The molecule has 0 aliphatic carbocycles. The van der Waals surface area contributed by atoms with Gasteiger partial charge in [0.05, 0.1) is 16.2 Å². The Balaban J connectivity index is 2.08. The van der Waals surface area contributed by atoms with Crippen molar-refractivity contribution in [2.75, 3.05) is 5.32 Å². The first kappa shape index (κ1) is 16.4. The number of benzene rings is 2. The van der Waals surface area contributed by atoms with Gasteiger partial charge in [-0.25, -0.2) is 0 Å². The normalized spacial score (nSPS) is 10.7. The molecule has 118 valence electrons. The molecule has 0 radical (unpaired) electrons. The predicted octanol–water partition coefficient (Wildman–Crippen LogP) is 4.12. The van der Waals surface area contributed by atoms with Gasteiger partial charge in [0, 0.05) is 12.1 Å². The highest BCUT2D eigenvalue weighted by Crippen LogP contribution is 2.25. The summed E-state index contributed by atoms with van der Waals surface area (Å²) in [5.41, 5.74) is 3.02. The Kier molecular flexibility index (Phi) is 5.25. The van der Waals surface area contributed by atoms with Crippen LogP contribution >= 0.6 is 0 Å². The molecule has 0 aliphatic heterocycles. The highest BCUT2D eigenvalue weighted by atomic mass is 16.6. The maximum absolute atomic E-state index is 12.0. The summed E-state index contributed by atoms with van der Waals surface area (Å²) in [5.74, 6) is -0.326. The van der Waals surface area contributed by atoms with Crippen molar-refractivity contribution in [2.24, 2.45) is 0 Å². The molecule has 0 fully saturated rings. The largest absolute Gasteiger partial charge is 0.322 e. The number of carbonyl (C=O) groups is 1. The lowest BCUT2D eigenvalue weighted by molar-refractivity contribution is -0.385. The molecule has 1 N–H and O–H groups in total. The zero-order valence-corrected chi connectivity index (χ0v) is 13.1. The smallest absolute Gasteiger partial charge is 0.274 e. The predicted molar refractivity (Wildman–Crippen MR) is 91.3 cm³/mol. The van der Waals surface area contributed by atoms with Crippen LogP contribution in [0.2, 0.25) is 0 Å². The molecule has 2 aromatic rings. The zero-order valence-electron chi connectivity index (χ0n) is 13.1. The van der Waals surface area contributed by atoms with Crippen LogP contribution in [0.1, 0.15) is 23.6 Å². The van der Waals surface area contributed by atoms with Crippen LogP contribution in [0.15, 0.2) is 48.5 Å². The van der Waals surface area contributed by atoms with Gasteiger partial charge in [0.2, 0.25) is 5.91 Å². The molecular weight excluding hydrogens is 292 g/mol. The minimum absolute atomic E-state index is 0.0121. The van der Waals surface area contributed by atoms with Crippen molar-refractivity contribution >= 4 is 23.4 Å². The van der Waals surface area contributed by atoms with Gasteiger partial charge < -0.3 is 5.32 Å². The molecule has 0 aliphatic rings. The molecule has 0 heterocycles. The van der Waals surface area contributed by atoms with Gasteiger partial charge in [-0.3, -0.25) is 14.9 Å². The third-order valence-electron chi connectivity index (χ3n) is 3.57. The van der Waals surface area contributed by atoms with E-state index in [1.807, 2.05) is 24.3 Å². The molecule has 5 nitrogen and oxygen atoms in total. The lowest BCUT2D eigenvalue weighted by Gasteiger charge is -2.06. The number of anilines is 1. The molecule has 1 amide bonds. The highest BCUT2D eigenvalue weighted by molar-refractivity contribution is 6.02. The number of hydrogen-bond acceptors (Lipinski definition) is 3. The van der Waals surface area contributed by atoms with Crippen molar-refractivity contribution in [2.45, 2.75) is 20.3 Å². The van der Waals surface area contributed by atoms with Gasteiger partial charge >= 0.3 is 0 Å². The Labute approximate surface area is 134 Å². The van der Waals surface area contributed by atoms with E-state index in [2.05, 4.69) is 12.2 Å². The van der Waals surface area contributed by atoms with E-state index in [1.165, 1.54) is 17.7 Å². The summed E-state index contributed by atoms with van der Waals surface area (Å²) in [6.45, 7) is 3.70. The number of aryl methyl sites for hydroxylation is 1. The van der Waals surface area contributed by atoms with Crippen LogP contribution < -0.4 is 5.32 Å². The van der Waals surface area contributed by atoms with E-state index in [0.717, 1.165) is 12.0 Å². The third kappa shape index (κ3) is 4.26. The molecular formula is C18H18N2O3. The molecule has 2 aromatic carbocycles. The molecule has 0 saturated carbocycles. The molecule has 2 rings (SSSR count). The van der Waals surface area contributed by atoms with Crippen LogP contribution in [0.4, 0.5) is 11.4 Å². The van der Waals surface area contributed by atoms with E-state index in [-0.39, 0.29) is 11.6 Å².